The molecule has 4 nitrogen and oxygen atoms in total. The summed E-state index contributed by atoms with van der Waals surface area (Å²) in [4.78, 5) is 26.0. The molecule has 2 rings (SSSR count). The van der Waals surface area contributed by atoms with E-state index in [4.69, 9.17) is 0 Å². The molecule has 19 heavy (non-hydrogen) atoms. The Balaban J connectivity index is 2.23. The molecule has 0 saturated carbocycles. The number of rotatable bonds is 2. The Labute approximate surface area is 113 Å². The lowest BCUT2D eigenvalue weighted by Crippen LogP contribution is -2.47. The highest BCUT2D eigenvalue weighted by atomic mass is 16.2. The van der Waals surface area contributed by atoms with Gasteiger partial charge in [-0.3, -0.25) is 9.59 Å². The normalized spacial score (nSPS) is 22.9. The van der Waals surface area contributed by atoms with Gasteiger partial charge in [-0.15, -0.1) is 0 Å². The fourth-order valence-electron chi connectivity index (χ4n) is 2.32. The Hall–Kier alpha value is -1.84. The van der Waals surface area contributed by atoms with Crippen LogP contribution in [0, 0.1) is 0 Å². The van der Waals surface area contributed by atoms with E-state index in [9.17, 15) is 9.59 Å². The van der Waals surface area contributed by atoms with E-state index in [-0.39, 0.29) is 11.8 Å². The van der Waals surface area contributed by atoms with Crippen molar-refractivity contribution in [3.05, 3.63) is 35.9 Å². The maximum atomic E-state index is 12.3. The Bertz CT molecular complexity index is 482. The van der Waals surface area contributed by atoms with Crippen molar-refractivity contribution in [1.82, 2.24) is 10.2 Å². The van der Waals surface area contributed by atoms with E-state index < -0.39 is 11.6 Å². The van der Waals surface area contributed by atoms with Crippen molar-refractivity contribution in [1.29, 1.82) is 0 Å². The van der Waals surface area contributed by atoms with E-state index in [1.807, 2.05) is 44.2 Å². The highest BCUT2D eigenvalue weighted by molar-refractivity contribution is 5.90. The minimum absolute atomic E-state index is 0.0136. The van der Waals surface area contributed by atoms with Gasteiger partial charge in [0.05, 0.1) is 0 Å². The van der Waals surface area contributed by atoms with Crippen LogP contribution in [0.3, 0.4) is 0 Å². The monoisotopic (exact) mass is 260 g/mol. The van der Waals surface area contributed by atoms with Crippen molar-refractivity contribution >= 4 is 11.8 Å². The maximum Gasteiger partial charge on any atom is 0.242 e. The maximum absolute atomic E-state index is 12.3. The minimum atomic E-state index is -0.478. The average molecular weight is 260 g/mol. The standard InChI is InChI=1S/C15H20N2O2/c1-11-14(19)16-15(2,3)9-13(18)17(11)10-12-7-5-4-6-8-12/h4-8,11H,9-10H2,1-3H3,(H,16,19)/t11-/m0/s1. The SMILES string of the molecule is C[C@H]1C(=O)NC(C)(C)CC(=O)N1Cc1ccccc1. The van der Waals surface area contributed by atoms with Gasteiger partial charge in [-0.1, -0.05) is 30.3 Å². The zero-order valence-corrected chi connectivity index (χ0v) is 11.6. The topological polar surface area (TPSA) is 49.4 Å². The number of benzene rings is 1. The molecule has 0 radical (unpaired) electrons. The number of hydrogen-bond acceptors (Lipinski definition) is 2. The number of nitrogens with one attached hydrogen (secondary N) is 1. The van der Waals surface area contributed by atoms with E-state index >= 15 is 0 Å². The van der Waals surface area contributed by atoms with Crippen LogP contribution in [-0.2, 0) is 16.1 Å². The summed E-state index contributed by atoms with van der Waals surface area (Å²) in [6.45, 7) is 6.00. The van der Waals surface area contributed by atoms with Crippen molar-refractivity contribution in [3.63, 3.8) is 0 Å². The van der Waals surface area contributed by atoms with Gasteiger partial charge in [0.25, 0.3) is 0 Å². The average Bonchev–Trinajstić information content (AvgIpc) is 2.40. The third-order valence-corrected chi connectivity index (χ3v) is 3.42. The summed E-state index contributed by atoms with van der Waals surface area (Å²) in [6, 6.07) is 9.31. The summed E-state index contributed by atoms with van der Waals surface area (Å²) in [5.41, 5.74) is 0.559. The highest BCUT2D eigenvalue weighted by Gasteiger charge is 2.36. The molecular formula is C15H20N2O2. The van der Waals surface area contributed by atoms with Crippen molar-refractivity contribution in [2.45, 2.75) is 45.3 Å². The largest absolute Gasteiger partial charge is 0.349 e. The summed E-state index contributed by atoms with van der Waals surface area (Å²) < 4.78 is 0. The van der Waals surface area contributed by atoms with E-state index in [0.29, 0.717) is 13.0 Å². The quantitative estimate of drug-likeness (QED) is 0.880. The Morgan fingerprint density at radius 1 is 1.26 bits per heavy atom. The molecule has 1 fully saturated rings. The molecule has 0 aromatic heterocycles. The third-order valence-electron chi connectivity index (χ3n) is 3.42. The molecule has 1 heterocycles. The summed E-state index contributed by atoms with van der Waals surface area (Å²) in [6.07, 6.45) is 0.329. The van der Waals surface area contributed by atoms with Crippen molar-refractivity contribution in [2.75, 3.05) is 0 Å². The smallest absolute Gasteiger partial charge is 0.242 e. The van der Waals surface area contributed by atoms with Crippen LogP contribution in [0.25, 0.3) is 0 Å². The van der Waals surface area contributed by atoms with Crippen LogP contribution in [-0.4, -0.2) is 28.3 Å². The van der Waals surface area contributed by atoms with E-state index in [0.717, 1.165) is 5.56 Å². The molecule has 4 heteroatoms. The van der Waals surface area contributed by atoms with Crippen LogP contribution in [0.2, 0.25) is 0 Å². The van der Waals surface area contributed by atoms with Gasteiger partial charge in [0.1, 0.15) is 6.04 Å². The van der Waals surface area contributed by atoms with Gasteiger partial charge in [0.2, 0.25) is 11.8 Å². The number of amides is 2. The van der Waals surface area contributed by atoms with E-state index in [1.54, 1.807) is 11.8 Å². The molecule has 1 aliphatic rings. The van der Waals surface area contributed by atoms with E-state index in [2.05, 4.69) is 5.32 Å². The van der Waals surface area contributed by atoms with Crippen molar-refractivity contribution in [2.24, 2.45) is 0 Å². The lowest BCUT2D eigenvalue weighted by molar-refractivity contribution is -0.138. The second-order valence-electron chi connectivity index (χ2n) is 5.73. The van der Waals surface area contributed by atoms with Gasteiger partial charge < -0.3 is 10.2 Å². The van der Waals surface area contributed by atoms with Crippen LogP contribution in [0.5, 0.6) is 0 Å². The van der Waals surface area contributed by atoms with Crippen LogP contribution in [0.4, 0.5) is 0 Å². The molecule has 0 bridgehead atoms. The molecular weight excluding hydrogens is 240 g/mol. The molecule has 0 unspecified atom stereocenters. The second-order valence-corrected chi connectivity index (χ2v) is 5.73. The van der Waals surface area contributed by atoms with E-state index in [1.165, 1.54) is 0 Å². The first-order valence-electron chi connectivity index (χ1n) is 6.54. The molecule has 1 atom stereocenters. The Morgan fingerprint density at radius 2 is 1.89 bits per heavy atom. The number of hydrogen-bond donors (Lipinski definition) is 1. The molecule has 1 N–H and O–H groups in total. The first-order valence-corrected chi connectivity index (χ1v) is 6.54. The van der Waals surface area contributed by atoms with Gasteiger partial charge in [0.15, 0.2) is 0 Å². The molecule has 1 aromatic carbocycles. The van der Waals surface area contributed by atoms with Crippen LogP contribution in [0.15, 0.2) is 30.3 Å². The second kappa shape index (κ2) is 5.03. The number of carbonyl (C=O) groups excluding carboxylic acids is 2. The lowest BCUT2D eigenvalue weighted by Gasteiger charge is -2.25. The van der Waals surface area contributed by atoms with Gasteiger partial charge in [-0.2, -0.15) is 0 Å². The predicted octanol–water partition coefficient (Wildman–Crippen LogP) is 1.70. The Morgan fingerprint density at radius 3 is 2.53 bits per heavy atom. The number of carbonyl (C=O) groups is 2. The first kappa shape index (κ1) is 13.6. The van der Waals surface area contributed by atoms with Crippen LogP contribution in [0.1, 0.15) is 32.8 Å². The molecule has 0 aliphatic carbocycles. The summed E-state index contributed by atoms with van der Waals surface area (Å²) in [5.74, 6) is -0.0773. The number of nitrogens with zero attached hydrogens (tertiary/aromatic N) is 1. The van der Waals surface area contributed by atoms with Gasteiger partial charge in [0, 0.05) is 18.5 Å². The van der Waals surface area contributed by atoms with Gasteiger partial charge in [-0.05, 0) is 26.3 Å². The zero-order chi connectivity index (χ0) is 14.0. The molecule has 102 valence electrons. The summed E-state index contributed by atoms with van der Waals surface area (Å²) in [7, 11) is 0. The summed E-state index contributed by atoms with van der Waals surface area (Å²) >= 11 is 0. The molecule has 1 aliphatic heterocycles. The van der Waals surface area contributed by atoms with Crippen LogP contribution >= 0.6 is 0 Å². The lowest BCUT2D eigenvalue weighted by atomic mass is 10.0. The summed E-state index contributed by atoms with van der Waals surface area (Å²) in [5, 5.41) is 2.91. The molecule has 1 aromatic rings. The molecule has 2 amide bonds. The highest BCUT2D eigenvalue weighted by Crippen LogP contribution is 2.20. The van der Waals surface area contributed by atoms with Crippen molar-refractivity contribution in [3.8, 4) is 0 Å². The fraction of sp³-hybridized carbons (Fsp3) is 0.467. The van der Waals surface area contributed by atoms with Gasteiger partial charge >= 0.3 is 0 Å². The van der Waals surface area contributed by atoms with Crippen LogP contribution < -0.4 is 5.32 Å². The third kappa shape index (κ3) is 3.13. The molecule has 1 saturated heterocycles. The first-order chi connectivity index (χ1) is 8.89. The Kier molecular flexibility index (Phi) is 3.60. The van der Waals surface area contributed by atoms with Crippen molar-refractivity contribution < 1.29 is 9.59 Å². The predicted molar refractivity (Wildman–Crippen MR) is 73.3 cm³/mol. The zero-order valence-electron chi connectivity index (χ0n) is 11.6. The minimum Gasteiger partial charge on any atom is -0.349 e. The molecule has 0 spiro atoms. The van der Waals surface area contributed by atoms with Gasteiger partial charge in [-0.25, -0.2) is 0 Å². The fourth-order valence-corrected chi connectivity index (χ4v) is 2.32.